The number of aliphatic hydroxyl groups is 1. The number of fused-ring (bicyclic) bond motifs is 1. The number of carbonyl (C=O) groups excluding carboxylic acids is 1. The van der Waals surface area contributed by atoms with Crippen LogP contribution in [0.4, 0.5) is 25.8 Å². The number of halogens is 2. The summed E-state index contributed by atoms with van der Waals surface area (Å²) in [6.45, 7) is 5.44. The number of nitrogens with zero attached hydrogens (tertiary/aromatic N) is 2. The number of rotatable bonds is 7. The highest BCUT2D eigenvalue weighted by molar-refractivity contribution is 6.07. The number of aliphatic hydroxyl groups excluding tert-OH is 1. The minimum absolute atomic E-state index is 0.0102. The lowest BCUT2D eigenvalue weighted by Crippen LogP contribution is -2.36. The van der Waals surface area contributed by atoms with Crippen molar-refractivity contribution >= 4 is 33.9 Å². The van der Waals surface area contributed by atoms with Crippen molar-refractivity contribution in [2.45, 2.75) is 32.8 Å². The van der Waals surface area contributed by atoms with Crippen molar-refractivity contribution in [1.82, 2.24) is 4.98 Å². The molecule has 0 bridgehead atoms. The van der Waals surface area contributed by atoms with Gasteiger partial charge in [-0.3, -0.25) is 4.98 Å². The average molecular weight is 472 g/mol. The van der Waals surface area contributed by atoms with Crippen molar-refractivity contribution in [3.63, 3.8) is 0 Å². The first kappa shape index (κ1) is 23.7. The first-order chi connectivity index (χ1) is 16.4. The molecule has 0 unspecified atom stereocenters. The number of pyridine rings is 1. The van der Waals surface area contributed by atoms with Crippen LogP contribution < -0.4 is 15.0 Å². The van der Waals surface area contributed by atoms with E-state index in [1.165, 1.54) is 12.3 Å². The lowest BCUT2D eigenvalue weighted by molar-refractivity contribution is 0.0527. The summed E-state index contributed by atoms with van der Waals surface area (Å²) in [5.41, 5.74) is 1.75. The molecule has 1 aromatic heterocycles. The van der Waals surface area contributed by atoms with E-state index >= 15 is 0 Å². The third-order valence-corrected chi connectivity index (χ3v) is 5.74. The molecule has 180 valence electrons. The quantitative estimate of drug-likeness (QED) is 0.479. The highest BCUT2D eigenvalue weighted by atomic mass is 19.1. The van der Waals surface area contributed by atoms with Gasteiger partial charge >= 0.3 is 5.97 Å². The largest absolute Gasteiger partial charge is 0.492 e. The van der Waals surface area contributed by atoms with Crippen molar-refractivity contribution in [2.75, 3.05) is 36.5 Å². The molecule has 1 saturated heterocycles. The van der Waals surface area contributed by atoms with Gasteiger partial charge in [0.05, 0.1) is 41.9 Å². The summed E-state index contributed by atoms with van der Waals surface area (Å²) in [4.78, 5) is 19.3. The maximum Gasteiger partial charge on any atom is 0.341 e. The molecule has 0 aliphatic carbocycles. The zero-order valence-electron chi connectivity index (χ0n) is 19.1. The van der Waals surface area contributed by atoms with Crippen molar-refractivity contribution < 1.29 is 28.2 Å². The third-order valence-electron chi connectivity index (χ3n) is 5.74. The van der Waals surface area contributed by atoms with Crippen LogP contribution in [0.25, 0.3) is 10.9 Å². The number of ether oxygens (including phenoxy) is 2. The maximum atomic E-state index is 14.5. The topological polar surface area (TPSA) is 83.9 Å². The van der Waals surface area contributed by atoms with E-state index in [2.05, 4.69) is 15.2 Å². The molecule has 3 aromatic rings. The van der Waals surface area contributed by atoms with Crippen LogP contribution in [-0.4, -0.2) is 48.5 Å². The van der Waals surface area contributed by atoms with Crippen LogP contribution in [0, 0.1) is 11.6 Å². The van der Waals surface area contributed by atoms with E-state index in [0.29, 0.717) is 54.9 Å². The maximum absolute atomic E-state index is 14.5. The Morgan fingerprint density at radius 3 is 2.62 bits per heavy atom. The second kappa shape index (κ2) is 10.2. The van der Waals surface area contributed by atoms with E-state index < -0.39 is 17.6 Å². The van der Waals surface area contributed by atoms with Crippen LogP contribution in [0.3, 0.4) is 0 Å². The molecular formula is C25H27F2N3O4. The molecule has 34 heavy (non-hydrogen) atoms. The number of nitrogens with one attached hydrogen (secondary N) is 1. The SMILES string of the molecule is CCOC(=O)c1cnc2cc(OCC)c(N3CCC(O)CC3)cc2c1Nc1ccc(F)cc1F. The Hall–Kier alpha value is -3.46. The number of hydrogen-bond acceptors (Lipinski definition) is 7. The van der Waals surface area contributed by atoms with E-state index in [1.807, 2.05) is 13.0 Å². The van der Waals surface area contributed by atoms with Gasteiger partial charge in [0.1, 0.15) is 22.9 Å². The Morgan fingerprint density at radius 1 is 1.18 bits per heavy atom. The fourth-order valence-electron chi connectivity index (χ4n) is 4.06. The standard InChI is InChI=1S/C25H27F2N3O4/c1-3-33-23-13-21-17(12-22(23)30-9-7-16(31)8-10-30)24(18(14-28-21)25(32)34-4-2)29-20-6-5-15(26)11-19(20)27/h5-6,11-14,16,31H,3-4,7-10H2,1-2H3,(H,28,29). The molecule has 0 saturated carbocycles. The second-order valence-electron chi connectivity index (χ2n) is 8.00. The van der Waals surface area contributed by atoms with Gasteiger partial charge in [-0.25, -0.2) is 13.6 Å². The van der Waals surface area contributed by atoms with E-state index in [9.17, 15) is 18.7 Å². The fourth-order valence-corrected chi connectivity index (χ4v) is 4.06. The number of hydrogen-bond donors (Lipinski definition) is 2. The molecular weight excluding hydrogens is 444 g/mol. The summed E-state index contributed by atoms with van der Waals surface area (Å²) in [6, 6.07) is 6.80. The lowest BCUT2D eigenvalue weighted by atomic mass is 10.0. The third kappa shape index (κ3) is 4.89. The minimum Gasteiger partial charge on any atom is -0.492 e. The van der Waals surface area contributed by atoms with Crippen LogP contribution in [0.1, 0.15) is 37.0 Å². The molecule has 0 spiro atoms. The predicted octanol–water partition coefficient (Wildman–Crippen LogP) is 4.79. The first-order valence-electron chi connectivity index (χ1n) is 11.3. The normalized spacial score (nSPS) is 14.3. The Morgan fingerprint density at radius 2 is 1.94 bits per heavy atom. The molecule has 2 aromatic carbocycles. The van der Waals surface area contributed by atoms with E-state index in [-0.39, 0.29) is 24.0 Å². The Labute approximate surface area is 196 Å². The van der Waals surface area contributed by atoms with Gasteiger partial charge in [0, 0.05) is 36.8 Å². The summed E-state index contributed by atoms with van der Waals surface area (Å²) in [5.74, 6) is -1.49. The van der Waals surface area contributed by atoms with Gasteiger partial charge in [0.15, 0.2) is 0 Å². The zero-order chi connectivity index (χ0) is 24.2. The Bertz CT molecular complexity index is 1200. The number of aromatic nitrogens is 1. The molecule has 0 amide bonds. The second-order valence-corrected chi connectivity index (χ2v) is 8.00. The van der Waals surface area contributed by atoms with Crippen molar-refractivity contribution in [3.8, 4) is 5.75 Å². The van der Waals surface area contributed by atoms with E-state index in [4.69, 9.17) is 9.47 Å². The summed E-state index contributed by atoms with van der Waals surface area (Å²) in [5, 5.41) is 13.4. The zero-order valence-corrected chi connectivity index (χ0v) is 19.1. The number of esters is 1. The van der Waals surface area contributed by atoms with Gasteiger partial charge in [-0.1, -0.05) is 0 Å². The summed E-state index contributed by atoms with van der Waals surface area (Å²) >= 11 is 0. The summed E-state index contributed by atoms with van der Waals surface area (Å²) in [7, 11) is 0. The molecule has 2 heterocycles. The van der Waals surface area contributed by atoms with Crippen molar-refractivity contribution in [3.05, 3.63) is 53.7 Å². The highest BCUT2D eigenvalue weighted by Crippen LogP contribution is 2.39. The van der Waals surface area contributed by atoms with Crippen LogP contribution >= 0.6 is 0 Å². The monoisotopic (exact) mass is 471 g/mol. The molecule has 1 fully saturated rings. The smallest absolute Gasteiger partial charge is 0.341 e. The predicted molar refractivity (Wildman–Crippen MR) is 126 cm³/mol. The molecule has 0 atom stereocenters. The minimum atomic E-state index is -0.795. The molecule has 4 rings (SSSR count). The van der Waals surface area contributed by atoms with Crippen LogP contribution in [0.5, 0.6) is 5.75 Å². The molecule has 1 aliphatic heterocycles. The van der Waals surface area contributed by atoms with E-state index in [1.54, 1.807) is 13.0 Å². The molecule has 0 radical (unpaired) electrons. The molecule has 7 nitrogen and oxygen atoms in total. The Kier molecular flexibility index (Phi) is 7.12. The number of piperidine rings is 1. The molecule has 1 aliphatic rings. The van der Waals surface area contributed by atoms with Gasteiger partial charge in [-0.15, -0.1) is 0 Å². The van der Waals surface area contributed by atoms with E-state index in [0.717, 1.165) is 17.8 Å². The van der Waals surface area contributed by atoms with Gasteiger partial charge in [0.25, 0.3) is 0 Å². The van der Waals surface area contributed by atoms with Crippen LogP contribution in [0.15, 0.2) is 36.5 Å². The number of benzene rings is 2. The number of anilines is 3. The van der Waals surface area contributed by atoms with Crippen molar-refractivity contribution in [1.29, 1.82) is 0 Å². The number of carbonyl (C=O) groups is 1. The molecule has 9 heteroatoms. The summed E-state index contributed by atoms with van der Waals surface area (Å²) in [6.07, 6.45) is 2.27. The van der Waals surface area contributed by atoms with Crippen molar-refractivity contribution in [2.24, 2.45) is 0 Å². The Balaban J connectivity index is 1.89. The molecule has 2 N–H and O–H groups in total. The first-order valence-corrected chi connectivity index (χ1v) is 11.3. The highest BCUT2D eigenvalue weighted by Gasteiger charge is 2.24. The fraction of sp³-hybridized carbons (Fsp3) is 0.360. The van der Waals surface area contributed by atoms with Crippen LogP contribution in [-0.2, 0) is 4.74 Å². The van der Waals surface area contributed by atoms with Gasteiger partial charge in [-0.2, -0.15) is 0 Å². The van der Waals surface area contributed by atoms with Gasteiger partial charge in [-0.05, 0) is 44.9 Å². The van der Waals surface area contributed by atoms with Crippen LogP contribution in [0.2, 0.25) is 0 Å². The lowest BCUT2D eigenvalue weighted by Gasteiger charge is -2.33. The van der Waals surface area contributed by atoms with Gasteiger partial charge in [0.2, 0.25) is 0 Å². The summed E-state index contributed by atoms with van der Waals surface area (Å²) < 4.78 is 39.0. The average Bonchev–Trinajstić information content (AvgIpc) is 2.81. The van der Waals surface area contributed by atoms with Gasteiger partial charge < -0.3 is 24.8 Å².